The van der Waals surface area contributed by atoms with E-state index in [2.05, 4.69) is 56.3 Å². The lowest BCUT2D eigenvalue weighted by molar-refractivity contribution is 0.529. The minimum Gasteiger partial charge on any atom is -0.305 e. The van der Waals surface area contributed by atoms with Crippen molar-refractivity contribution in [1.29, 1.82) is 0 Å². The van der Waals surface area contributed by atoms with Gasteiger partial charge in [-0.3, -0.25) is 4.68 Å². The van der Waals surface area contributed by atoms with Crippen molar-refractivity contribution in [2.75, 3.05) is 6.54 Å². The average Bonchev–Trinajstić information content (AvgIpc) is 2.80. The second-order valence-electron chi connectivity index (χ2n) is 5.50. The van der Waals surface area contributed by atoms with Gasteiger partial charge in [-0.05, 0) is 39.3 Å². The number of benzene rings is 1. The van der Waals surface area contributed by atoms with Crippen molar-refractivity contribution >= 4 is 11.6 Å². The highest BCUT2D eigenvalue weighted by Crippen LogP contribution is 2.29. The van der Waals surface area contributed by atoms with Gasteiger partial charge in [-0.2, -0.15) is 5.10 Å². The predicted octanol–water partition coefficient (Wildman–Crippen LogP) is 4.26. The molecule has 3 nitrogen and oxygen atoms in total. The van der Waals surface area contributed by atoms with E-state index in [9.17, 15) is 0 Å². The number of halogens is 1. The zero-order chi connectivity index (χ0) is 15.4. The molecule has 1 N–H and O–H groups in total. The zero-order valence-electron chi connectivity index (χ0n) is 13.3. The molecular formula is C17H24ClN3. The summed E-state index contributed by atoms with van der Waals surface area (Å²) in [7, 11) is 0. The van der Waals surface area contributed by atoms with Crippen LogP contribution in [0, 0.1) is 13.8 Å². The maximum atomic E-state index is 6.40. The minimum absolute atomic E-state index is 0.0819. The van der Waals surface area contributed by atoms with Crippen molar-refractivity contribution in [3.8, 4) is 0 Å². The molecule has 114 valence electrons. The fraction of sp³-hybridized carbons (Fsp3) is 0.471. The van der Waals surface area contributed by atoms with Gasteiger partial charge < -0.3 is 5.32 Å². The monoisotopic (exact) mass is 305 g/mol. The summed E-state index contributed by atoms with van der Waals surface area (Å²) < 4.78 is 1.98. The highest BCUT2D eigenvalue weighted by Gasteiger charge is 2.21. The number of nitrogens with one attached hydrogen (secondary N) is 1. The topological polar surface area (TPSA) is 29.9 Å². The molecule has 1 heterocycles. The van der Waals surface area contributed by atoms with Crippen LogP contribution in [0.3, 0.4) is 0 Å². The molecule has 1 aromatic heterocycles. The molecular weight excluding hydrogens is 282 g/mol. The lowest BCUT2D eigenvalue weighted by Gasteiger charge is -2.22. The van der Waals surface area contributed by atoms with E-state index in [1.807, 2.05) is 4.68 Å². The molecule has 2 rings (SSSR count). The number of aryl methyl sites for hydroxylation is 3. The maximum absolute atomic E-state index is 6.40. The van der Waals surface area contributed by atoms with E-state index in [-0.39, 0.29) is 6.04 Å². The van der Waals surface area contributed by atoms with E-state index in [0.717, 1.165) is 30.2 Å². The van der Waals surface area contributed by atoms with E-state index in [4.69, 9.17) is 11.6 Å². The second kappa shape index (κ2) is 7.10. The first-order valence-electron chi connectivity index (χ1n) is 7.59. The summed E-state index contributed by atoms with van der Waals surface area (Å²) in [6, 6.07) is 6.73. The summed E-state index contributed by atoms with van der Waals surface area (Å²) in [5, 5.41) is 8.72. The van der Waals surface area contributed by atoms with Crippen LogP contribution in [0.2, 0.25) is 5.02 Å². The van der Waals surface area contributed by atoms with Crippen LogP contribution in [0.15, 0.2) is 24.4 Å². The number of hydrogen-bond donors (Lipinski definition) is 1. The van der Waals surface area contributed by atoms with Gasteiger partial charge >= 0.3 is 0 Å². The van der Waals surface area contributed by atoms with Gasteiger partial charge in [0.2, 0.25) is 0 Å². The summed E-state index contributed by atoms with van der Waals surface area (Å²) in [6.07, 6.45) is 2.82. The Balaban J connectivity index is 2.49. The van der Waals surface area contributed by atoms with E-state index >= 15 is 0 Å². The minimum atomic E-state index is 0.0819. The summed E-state index contributed by atoms with van der Waals surface area (Å²) in [6.45, 7) is 10.3. The van der Waals surface area contributed by atoms with Crippen LogP contribution in [0.4, 0.5) is 0 Å². The van der Waals surface area contributed by atoms with Gasteiger partial charge in [0.25, 0.3) is 0 Å². The molecule has 0 saturated heterocycles. The molecule has 0 saturated carbocycles. The summed E-state index contributed by atoms with van der Waals surface area (Å²) in [5.74, 6) is 0. The Kier molecular flexibility index (Phi) is 5.43. The van der Waals surface area contributed by atoms with Gasteiger partial charge in [-0.1, -0.05) is 47.9 Å². The first-order chi connectivity index (χ1) is 10.1. The van der Waals surface area contributed by atoms with Gasteiger partial charge in [0, 0.05) is 6.54 Å². The Bertz CT molecular complexity index is 584. The molecule has 0 spiro atoms. The van der Waals surface area contributed by atoms with Crippen molar-refractivity contribution in [3.63, 3.8) is 0 Å². The van der Waals surface area contributed by atoms with Gasteiger partial charge in [-0.15, -0.1) is 0 Å². The molecule has 1 atom stereocenters. The number of aromatic nitrogens is 2. The Morgan fingerprint density at radius 3 is 2.43 bits per heavy atom. The third-order valence-corrected chi connectivity index (χ3v) is 3.87. The molecule has 21 heavy (non-hydrogen) atoms. The third kappa shape index (κ3) is 3.66. The SMILES string of the molecule is CCCNC(c1cc(C)cc(C)c1)c1c(Cl)cnn1CC. The van der Waals surface area contributed by atoms with Crippen molar-refractivity contribution < 1.29 is 0 Å². The lowest BCUT2D eigenvalue weighted by atomic mass is 9.98. The largest absolute Gasteiger partial charge is 0.305 e. The number of rotatable bonds is 6. The fourth-order valence-electron chi connectivity index (χ4n) is 2.75. The van der Waals surface area contributed by atoms with E-state index in [1.165, 1.54) is 16.7 Å². The smallest absolute Gasteiger partial charge is 0.0837 e. The van der Waals surface area contributed by atoms with Crippen molar-refractivity contribution in [2.45, 2.75) is 46.7 Å². The van der Waals surface area contributed by atoms with Crippen LogP contribution in [-0.2, 0) is 6.54 Å². The molecule has 0 aliphatic rings. The van der Waals surface area contributed by atoms with E-state index in [1.54, 1.807) is 6.20 Å². The Morgan fingerprint density at radius 2 is 1.86 bits per heavy atom. The Labute approximate surface area is 132 Å². The number of nitrogens with zero attached hydrogens (tertiary/aromatic N) is 2. The first kappa shape index (κ1) is 16.1. The second-order valence-corrected chi connectivity index (χ2v) is 5.91. The van der Waals surface area contributed by atoms with E-state index in [0.29, 0.717) is 0 Å². The number of hydrogen-bond acceptors (Lipinski definition) is 2. The van der Waals surface area contributed by atoms with Gasteiger partial charge in [0.15, 0.2) is 0 Å². The molecule has 0 aliphatic heterocycles. The van der Waals surface area contributed by atoms with Crippen LogP contribution in [0.5, 0.6) is 0 Å². The van der Waals surface area contributed by atoms with Crippen LogP contribution in [0.1, 0.15) is 48.7 Å². The van der Waals surface area contributed by atoms with E-state index < -0.39 is 0 Å². The van der Waals surface area contributed by atoms with Gasteiger partial charge in [0.05, 0.1) is 23.0 Å². The highest BCUT2D eigenvalue weighted by atomic mass is 35.5. The lowest BCUT2D eigenvalue weighted by Crippen LogP contribution is -2.26. The average molecular weight is 306 g/mol. The molecule has 4 heteroatoms. The molecule has 0 radical (unpaired) electrons. The molecule has 2 aromatic rings. The molecule has 0 aliphatic carbocycles. The van der Waals surface area contributed by atoms with Crippen molar-refractivity contribution in [3.05, 3.63) is 51.8 Å². The van der Waals surface area contributed by atoms with Crippen LogP contribution in [0.25, 0.3) is 0 Å². The predicted molar refractivity (Wildman–Crippen MR) is 89.0 cm³/mol. The molecule has 0 fully saturated rings. The first-order valence-corrected chi connectivity index (χ1v) is 7.97. The van der Waals surface area contributed by atoms with Crippen LogP contribution < -0.4 is 5.32 Å². The molecule has 0 amide bonds. The molecule has 0 bridgehead atoms. The van der Waals surface area contributed by atoms with Gasteiger partial charge in [-0.25, -0.2) is 0 Å². The Morgan fingerprint density at radius 1 is 1.19 bits per heavy atom. The van der Waals surface area contributed by atoms with Crippen LogP contribution in [-0.4, -0.2) is 16.3 Å². The summed E-state index contributed by atoms with van der Waals surface area (Å²) in [5.41, 5.74) is 4.84. The standard InChI is InChI=1S/C17H24ClN3/c1-5-7-19-16(14-9-12(3)8-13(4)10-14)17-15(18)11-20-21(17)6-2/h8-11,16,19H,5-7H2,1-4H3. The zero-order valence-corrected chi connectivity index (χ0v) is 14.0. The van der Waals surface area contributed by atoms with Crippen LogP contribution >= 0.6 is 11.6 Å². The third-order valence-electron chi connectivity index (χ3n) is 3.58. The van der Waals surface area contributed by atoms with Crippen molar-refractivity contribution in [2.24, 2.45) is 0 Å². The summed E-state index contributed by atoms with van der Waals surface area (Å²) >= 11 is 6.40. The Hall–Kier alpha value is -1.32. The molecule has 1 unspecified atom stereocenters. The molecule has 1 aromatic carbocycles. The van der Waals surface area contributed by atoms with Gasteiger partial charge in [0.1, 0.15) is 0 Å². The fourth-order valence-corrected chi connectivity index (χ4v) is 3.00. The quantitative estimate of drug-likeness (QED) is 0.864. The summed E-state index contributed by atoms with van der Waals surface area (Å²) in [4.78, 5) is 0. The highest BCUT2D eigenvalue weighted by molar-refractivity contribution is 6.31. The van der Waals surface area contributed by atoms with Crippen molar-refractivity contribution in [1.82, 2.24) is 15.1 Å². The maximum Gasteiger partial charge on any atom is 0.0837 e. The normalized spacial score (nSPS) is 12.6.